The molecule has 3 heterocycles. The largest absolute Gasteiger partial charge is 0.504 e. The standard InChI is InChI=1S/C21H21N3O5S2/c1-2-29-11-5-7(3-4-10(11)25)12-13-8-6-9(15-14(8)19(26)24(22)20(15)27)16(13)30-18-17(12)31-21(28)23-18/h3-5,8-9,12-16,25H,2,6,22H2,1H3,(H,23,28)/t8-,9+,12-,13+,14+,15+,16-/m1/s1. The number of carbonyl (C=O) groups is 2. The summed E-state index contributed by atoms with van der Waals surface area (Å²) < 4.78 is 5.61. The molecule has 4 N–H and O–H groups in total. The number of benzene rings is 1. The number of thiazole rings is 1. The topological polar surface area (TPSA) is 126 Å². The number of aromatic hydroxyl groups is 1. The Morgan fingerprint density at radius 3 is 2.71 bits per heavy atom. The molecule has 2 aromatic rings. The Morgan fingerprint density at radius 2 is 1.97 bits per heavy atom. The van der Waals surface area contributed by atoms with Crippen molar-refractivity contribution in [3.63, 3.8) is 0 Å². The highest BCUT2D eigenvalue weighted by atomic mass is 32.2. The van der Waals surface area contributed by atoms with Crippen LogP contribution < -0.4 is 15.5 Å². The zero-order valence-corrected chi connectivity index (χ0v) is 18.2. The minimum Gasteiger partial charge on any atom is -0.504 e. The van der Waals surface area contributed by atoms with Crippen molar-refractivity contribution in [1.82, 2.24) is 9.99 Å². The molecule has 162 valence electrons. The summed E-state index contributed by atoms with van der Waals surface area (Å²) in [7, 11) is 0. The van der Waals surface area contributed by atoms with Gasteiger partial charge in [0.25, 0.3) is 0 Å². The summed E-state index contributed by atoms with van der Waals surface area (Å²) in [6.45, 7) is 2.27. The number of hydrazine groups is 1. The molecule has 2 bridgehead atoms. The first kappa shape index (κ1) is 19.4. The molecule has 0 radical (unpaired) electrons. The van der Waals surface area contributed by atoms with E-state index in [4.69, 9.17) is 10.6 Å². The van der Waals surface area contributed by atoms with Gasteiger partial charge in [-0.25, -0.2) is 10.9 Å². The molecule has 1 saturated heterocycles. The van der Waals surface area contributed by atoms with Gasteiger partial charge in [0.1, 0.15) is 0 Å². The minimum atomic E-state index is -0.382. The number of aromatic amines is 1. The molecule has 2 amide bonds. The maximum atomic E-state index is 12.8. The second-order valence-electron chi connectivity index (χ2n) is 8.67. The van der Waals surface area contributed by atoms with Gasteiger partial charge in [-0.05, 0) is 48.8 Å². The van der Waals surface area contributed by atoms with Crippen molar-refractivity contribution in [2.75, 3.05) is 6.61 Å². The maximum Gasteiger partial charge on any atom is 0.305 e. The fourth-order valence-corrected chi connectivity index (χ4v) is 9.30. The molecular formula is C21H21N3O5S2. The Bertz CT molecular complexity index is 1180. The van der Waals surface area contributed by atoms with E-state index in [1.165, 1.54) is 11.3 Å². The molecule has 1 aromatic heterocycles. The predicted octanol–water partition coefficient (Wildman–Crippen LogP) is 1.89. The minimum absolute atomic E-state index is 0.0252. The number of amides is 2. The van der Waals surface area contributed by atoms with Gasteiger partial charge in [-0.3, -0.25) is 14.4 Å². The van der Waals surface area contributed by atoms with Crippen LogP contribution >= 0.6 is 23.1 Å². The Morgan fingerprint density at radius 1 is 1.23 bits per heavy atom. The van der Waals surface area contributed by atoms with Crippen molar-refractivity contribution in [3.05, 3.63) is 38.3 Å². The van der Waals surface area contributed by atoms with Crippen LogP contribution in [0.4, 0.5) is 0 Å². The fraction of sp³-hybridized carbons (Fsp3) is 0.476. The Hall–Kier alpha value is -2.30. The van der Waals surface area contributed by atoms with Gasteiger partial charge in [-0.15, -0.1) is 11.8 Å². The summed E-state index contributed by atoms with van der Waals surface area (Å²) in [6, 6.07) is 5.32. The zero-order chi connectivity index (χ0) is 21.6. The van der Waals surface area contributed by atoms with Gasteiger partial charge < -0.3 is 14.8 Å². The van der Waals surface area contributed by atoms with Gasteiger partial charge in [-0.1, -0.05) is 17.4 Å². The summed E-state index contributed by atoms with van der Waals surface area (Å²) in [5.74, 6) is 5.03. The number of phenols is 1. The normalized spacial score (nSPS) is 35.3. The second kappa shape index (κ2) is 6.60. The van der Waals surface area contributed by atoms with E-state index < -0.39 is 0 Å². The molecule has 2 aliphatic heterocycles. The lowest BCUT2D eigenvalue weighted by Gasteiger charge is -2.43. The first-order chi connectivity index (χ1) is 14.9. The quantitative estimate of drug-likeness (QED) is 0.363. The smallest absolute Gasteiger partial charge is 0.305 e. The molecule has 2 saturated carbocycles. The highest BCUT2D eigenvalue weighted by molar-refractivity contribution is 8.00. The number of nitrogens with two attached hydrogens (primary N) is 1. The van der Waals surface area contributed by atoms with Crippen LogP contribution in [0.5, 0.6) is 11.5 Å². The van der Waals surface area contributed by atoms with Crippen molar-refractivity contribution in [1.29, 1.82) is 0 Å². The summed E-state index contributed by atoms with van der Waals surface area (Å²) in [4.78, 5) is 41.6. The SMILES string of the molecule is CCOc1cc([C@H]2c3sc(=O)[nH]c3S[C@@H]3[C@H]4C[C@@H]([C@@H]5C(=O)N(N)C(=O)[C@@H]45)[C@@H]23)ccc1O. The van der Waals surface area contributed by atoms with Crippen LogP contribution in [0.1, 0.15) is 29.7 Å². The van der Waals surface area contributed by atoms with Crippen molar-refractivity contribution in [2.45, 2.75) is 29.5 Å². The molecule has 8 nitrogen and oxygen atoms in total. The van der Waals surface area contributed by atoms with Crippen LogP contribution in [0.25, 0.3) is 0 Å². The molecule has 7 atom stereocenters. The van der Waals surface area contributed by atoms with Gasteiger partial charge in [0, 0.05) is 16.0 Å². The number of fused-ring (bicyclic) bond motifs is 9. The number of H-pyrrole nitrogens is 1. The number of imide groups is 1. The molecule has 2 aliphatic carbocycles. The monoisotopic (exact) mass is 459 g/mol. The number of carbonyl (C=O) groups excluding carboxylic acids is 2. The number of nitrogens with zero attached hydrogens (tertiary/aromatic N) is 1. The number of hydrogen-bond acceptors (Lipinski definition) is 8. The van der Waals surface area contributed by atoms with Crippen LogP contribution in [-0.4, -0.2) is 38.8 Å². The molecule has 10 heteroatoms. The number of aromatic nitrogens is 1. The van der Waals surface area contributed by atoms with E-state index in [0.29, 0.717) is 12.4 Å². The molecule has 3 fully saturated rings. The van der Waals surface area contributed by atoms with Gasteiger partial charge in [-0.2, -0.15) is 0 Å². The van der Waals surface area contributed by atoms with Gasteiger partial charge in [0.2, 0.25) is 11.8 Å². The van der Waals surface area contributed by atoms with E-state index in [2.05, 4.69) is 4.98 Å². The summed E-state index contributed by atoms with van der Waals surface area (Å²) in [6.07, 6.45) is 0.815. The molecule has 4 aliphatic rings. The molecular weight excluding hydrogens is 438 g/mol. The van der Waals surface area contributed by atoms with E-state index in [-0.39, 0.29) is 63.2 Å². The van der Waals surface area contributed by atoms with E-state index in [1.807, 2.05) is 19.1 Å². The van der Waals surface area contributed by atoms with Crippen LogP contribution in [0, 0.1) is 29.6 Å². The fourth-order valence-electron chi connectivity index (χ4n) is 6.41. The number of hydrogen-bond donors (Lipinski definition) is 3. The number of thioether (sulfide) groups is 1. The molecule has 1 aromatic carbocycles. The van der Waals surface area contributed by atoms with Crippen molar-refractivity contribution >= 4 is 34.9 Å². The third-order valence-corrected chi connectivity index (χ3v) is 9.99. The average molecular weight is 460 g/mol. The third kappa shape index (κ3) is 2.49. The highest BCUT2D eigenvalue weighted by Crippen LogP contribution is 2.68. The molecule has 0 spiro atoms. The van der Waals surface area contributed by atoms with E-state index in [0.717, 1.165) is 26.9 Å². The molecule has 6 rings (SSSR count). The lowest BCUT2D eigenvalue weighted by Crippen LogP contribution is -2.42. The third-order valence-electron chi connectivity index (χ3n) is 7.40. The molecule has 31 heavy (non-hydrogen) atoms. The second-order valence-corrected chi connectivity index (χ2v) is 10.9. The van der Waals surface area contributed by atoms with E-state index in [9.17, 15) is 19.5 Å². The van der Waals surface area contributed by atoms with Crippen LogP contribution in [-0.2, 0) is 9.59 Å². The van der Waals surface area contributed by atoms with Gasteiger partial charge in [0.15, 0.2) is 11.5 Å². The van der Waals surface area contributed by atoms with Crippen LogP contribution in [0.2, 0.25) is 0 Å². The lowest BCUT2D eigenvalue weighted by atomic mass is 9.68. The molecule has 0 unspecified atom stereocenters. The Kier molecular flexibility index (Phi) is 4.13. The summed E-state index contributed by atoms with van der Waals surface area (Å²) in [5, 5.41) is 12.0. The highest BCUT2D eigenvalue weighted by Gasteiger charge is 2.69. The Labute approximate surface area is 185 Å². The average Bonchev–Trinajstić information content (AvgIpc) is 3.46. The predicted molar refractivity (Wildman–Crippen MR) is 114 cm³/mol. The van der Waals surface area contributed by atoms with Crippen LogP contribution in [0.3, 0.4) is 0 Å². The summed E-state index contributed by atoms with van der Waals surface area (Å²) in [5.41, 5.74) is 0.943. The lowest BCUT2D eigenvalue weighted by molar-refractivity contribution is -0.141. The number of nitrogens with one attached hydrogen (secondary N) is 1. The van der Waals surface area contributed by atoms with Gasteiger partial charge in [0.05, 0.1) is 23.5 Å². The van der Waals surface area contributed by atoms with Gasteiger partial charge >= 0.3 is 4.87 Å². The number of rotatable bonds is 3. The van der Waals surface area contributed by atoms with Crippen molar-refractivity contribution in [2.24, 2.45) is 35.4 Å². The zero-order valence-electron chi connectivity index (χ0n) is 16.6. The first-order valence-corrected chi connectivity index (χ1v) is 12.1. The van der Waals surface area contributed by atoms with Crippen LogP contribution in [0.15, 0.2) is 28.0 Å². The Balaban J connectivity index is 1.50. The maximum absolute atomic E-state index is 12.8. The van der Waals surface area contributed by atoms with E-state index >= 15 is 0 Å². The van der Waals surface area contributed by atoms with Crippen molar-refractivity contribution < 1.29 is 19.4 Å². The summed E-state index contributed by atoms with van der Waals surface area (Å²) >= 11 is 2.83. The number of ether oxygens (including phenoxy) is 1. The first-order valence-electron chi connectivity index (χ1n) is 10.4. The number of phenolic OH excluding ortho intramolecular Hbond substituents is 1. The van der Waals surface area contributed by atoms with E-state index in [1.54, 1.807) is 17.8 Å². The van der Waals surface area contributed by atoms with Crippen molar-refractivity contribution in [3.8, 4) is 11.5 Å².